The average Bonchev–Trinajstić information content (AvgIpc) is 3.48. The summed E-state index contributed by atoms with van der Waals surface area (Å²) in [6, 6.07) is 9.28. The van der Waals surface area contributed by atoms with Gasteiger partial charge in [0.15, 0.2) is 5.82 Å². The Morgan fingerprint density at radius 3 is 2.56 bits per heavy atom. The number of hydrazone groups is 1. The highest BCUT2D eigenvalue weighted by Crippen LogP contribution is 2.34. The van der Waals surface area contributed by atoms with E-state index in [1.807, 2.05) is 40.6 Å². The number of hydrogen-bond donors (Lipinski definition) is 1. The maximum atomic E-state index is 13.5. The van der Waals surface area contributed by atoms with Crippen molar-refractivity contribution in [3.8, 4) is 5.75 Å². The summed E-state index contributed by atoms with van der Waals surface area (Å²) in [6.45, 7) is 1.51. The van der Waals surface area contributed by atoms with Gasteiger partial charge in [0.25, 0.3) is 0 Å². The fraction of sp³-hybridized carbons (Fsp3) is 0.300. The molecule has 1 saturated heterocycles. The van der Waals surface area contributed by atoms with E-state index in [0.717, 1.165) is 30.9 Å². The number of piperidine rings is 1. The van der Waals surface area contributed by atoms with Gasteiger partial charge in [-0.2, -0.15) is 0 Å². The molecule has 2 aromatic heterocycles. The van der Waals surface area contributed by atoms with Crippen LogP contribution in [-0.2, 0) is 0 Å². The van der Waals surface area contributed by atoms with Crippen molar-refractivity contribution in [2.45, 2.75) is 25.0 Å². The molecule has 5 rings (SSSR count). The molecule has 3 aromatic rings. The molecule has 0 amide bonds. The van der Waals surface area contributed by atoms with Gasteiger partial charge in [-0.25, -0.2) is 24.4 Å². The summed E-state index contributed by atoms with van der Waals surface area (Å²) < 4.78 is 32.6. The molecule has 2 aliphatic heterocycles. The standard InChI is InChI=1S/C20H20F2N8OS/c21-15-10-23-20(24-11-15)28-8-6-14(7-9-28)18-26-17(12-32-18)19(29-13-25-30(22)27-29)31-16-4-2-1-3-5-16/h1-5,10-14,19,27H,6-9H2. The third kappa shape index (κ3) is 4.46. The van der Waals surface area contributed by atoms with Crippen LogP contribution >= 0.6 is 11.3 Å². The molecule has 2 aliphatic rings. The molecule has 0 saturated carbocycles. The number of thiazole rings is 1. The van der Waals surface area contributed by atoms with E-state index in [-0.39, 0.29) is 11.3 Å². The summed E-state index contributed by atoms with van der Waals surface area (Å²) in [5.74, 6) is 1.00. The van der Waals surface area contributed by atoms with Gasteiger partial charge in [-0.1, -0.05) is 28.2 Å². The SMILES string of the molecule is Fc1cnc(N2CCC(c3nc(C(Oc4ccccc4)N4C=NN(F)N4)cs3)CC2)nc1. The molecule has 1 atom stereocenters. The topological polar surface area (TPSA) is 82.0 Å². The van der Waals surface area contributed by atoms with E-state index in [9.17, 15) is 8.87 Å². The summed E-state index contributed by atoms with van der Waals surface area (Å²) in [7, 11) is 0. The molecule has 1 unspecified atom stereocenters. The van der Waals surface area contributed by atoms with E-state index in [1.165, 1.54) is 23.7 Å². The molecule has 166 valence electrons. The van der Waals surface area contributed by atoms with Gasteiger partial charge in [0, 0.05) is 24.4 Å². The minimum absolute atomic E-state index is 0.113. The monoisotopic (exact) mass is 458 g/mol. The molecular formula is C20H20F2N8OS. The first-order valence-corrected chi connectivity index (χ1v) is 11.0. The minimum Gasteiger partial charge on any atom is -0.463 e. The van der Waals surface area contributed by atoms with Gasteiger partial charge in [0.2, 0.25) is 12.2 Å². The average molecular weight is 458 g/mol. The minimum atomic E-state index is -0.695. The molecule has 1 aromatic carbocycles. The Kier molecular flexibility index (Phi) is 5.77. The lowest BCUT2D eigenvalue weighted by Crippen LogP contribution is -2.42. The van der Waals surface area contributed by atoms with Crippen LogP contribution in [-0.4, -0.2) is 44.7 Å². The fourth-order valence-electron chi connectivity index (χ4n) is 3.65. The molecule has 1 N–H and O–H groups in total. The molecule has 1 fully saturated rings. The second-order valence-corrected chi connectivity index (χ2v) is 8.24. The Morgan fingerprint density at radius 2 is 1.88 bits per heavy atom. The normalized spacial score (nSPS) is 17.8. The van der Waals surface area contributed by atoms with Crippen molar-refractivity contribution in [1.29, 1.82) is 0 Å². The van der Waals surface area contributed by atoms with E-state index in [0.29, 0.717) is 17.4 Å². The molecule has 4 heterocycles. The molecule has 32 heavy (non-hydrogen) atoms. The molecular weight excluding hydrogens is 438 g/mol. The summed E-state index contributed by atoms with van der Waals surface area (Å²) in [5, 5.41) is 8.01. The highest BCUT2D eigenvalue weighted by Gasteiger charge is 2.30. The lowest BCUT2D eigenvalue weighted by atomic mass is 9.98. The molecule has 12 heteroatoms. The van der Waals surface area contributed by atoms with Gasteiger partial charge in [0.1, 0.15) is 17.8 Å². The zero-order chi connectivity index (χ0) is 21.9. The van der Waals surface area contributed by atoms with Crippen LogP contribution in [0.15, 0.2) is 53.2 Å². The second kappa shape index (κ2) is 9.01. The maximum absolute atomic E-state index is 13.5. The van der Waals surface area contributed by atoms with E-state index in [1.54, 1.807) is 11.3 Å². The van der Waals surface area contributed by atoms with Crippen LogP contribution in [0.5, 0.6) is 5.75 Å². The Hall–Kier alpha value is -3.38. The molecule has 0 aliphatic carbocycles. The Labute approximate surface area is 186 Å². The van der Waals surface area contributed by atoms with Crippen molar-refractivity contribution in [2.75, 3.05) is 18.0 Å². The van der Waals surface area contributed by atoms with Crippen molar-refractivity contribution in [2.24, 2.45) is 5.10 Å². The first kappa shape index (κ1) is 20.5. The third-order valence-corrected chi connectivity index (χ3v) is 6.27. The van der Waals surface area contributed by atoms with Crippen molar-refractivity contribution in [3.05, 3.63) is 64.6 Å². The summed E-state index contributed by atoms with van der Waals surface area (Å²) in [6.07, 6.45) is 4.73. The predicted octanol–water partition coefficient (Wildman–Crippen LogP) is 3.40. The number of nitrogens with zero attached hydrogens (tertiary/aromatic N) is 7. The quantitative estimate of drug-likeness (QED) is 0.563. The van der Waals surface area contributed by atoms with E-state index >= 15 is 0 Å². The number of halogens is 2. The van der Waals surface area contributed by atoms with Crippen LogP contribution in [0.2, 0.25) is 0 Å². The van der Waals surface area contributed by atoms with Gasteiger partial charge in [-0.15, -0.1) is 16.4 Å². The van der Waals surface area contributed by atoms with Gasteiger partial charge >= 0.3 is 0 Å². The van der Waals surface area contributed by atoms with Crippen molar-refractivity contribution in [1.82, 2.24) is 30.8 Å². The molecule has 0 bridgehead atoms. The van der Waals surface area contributed by atoms with Crippen LogP contribution < -0.4 is 15.2 Å². The molecule has 9 nitrogen and oxygen atoms in total. The zero-order valence-corrected chi connectivity index (χ0v) is 17.7. The van der Waals surface area contributed by atoms with E-state index < -0.39 is 12.0 Å². The second-order valence-electron chi connectivity index (χ2n) is 7.35. The summed E-state index contributed by atoms with van der Waals surface area (Å²) in [5.41, 5.74) is 3.12. The number of para-hydroxylation sites is 1. The number of hydrogen-bond acceptors (Lipinski definition) is 10. The predicted molar refractivity (Wildman–Crippen MR) is 115 cm³/mol. The number of anilines is 1. The smallest absolute Gasteiger partial charge is 0.232 e. The van der Waals surface area contributed by atoms with Crippen molar-refractivity contribution >= 4 is 23.6 Å². The largest absolute Gasteiger partial charge is 0.463 e. The number of benzene rings is 1. The van der Waals surface area contributed by atoms with Crippen LogP contribution in [0.4, 0.5) is 14.8 Å². The summed E-state index contributed by atoms with van der Waals surface area (Å²) >= 11 is 1.56. The van der Waals surface area contributed by atoms with Gasteiger partial charge in [-0.05, 0) is 30.3 Å². The van der Waals surface area contributed by atoms with Gasteiger partial charge in [0.05, 0.1) is 17.4 Å². The highest BCUT2D eigenvalue weighted by molar-refractivity contribution is 7.09. The Balaban J connectivity index is 1.29. The maximum Gasteiger partial charge on any atom is 0.232 e. The number of nitrogens with one attached hydrogen (secondary N) is 1. The first-order chi connectivity index (χ1) is 15.7. The van der Waals surface area contributed by atoms with Crippen LogP contribution in [0.1, 0.15) is 35.7 Å². The van der Waals surface area contributed by atoms with E-state index in [4.69, 9.17) is 9.72 Å². The number of rotatable bonds is 6. The third-order valence-electron chi connectivity index (χ3n) is 5.25. The fourth-order valence-corrected chi connectivity index (χ4v) is 4.64. The number of ether oxygens (including phenoxy) is 1. The van der Waals surface area contributed by atoms with Crippen LogP contribution in [0.3, 0.4) is 0 Å². The van der Waals surface area contributed by atoms with Crippen molar-refractivity contribution < 1.29 is 13.6 Å². The van der Waals surface area contributed by atoms with Crippen LogP contribution in [0, 0.1) is 5.82 Å². The first-order valence-electron chi connectivity index (χ1n) is 10.1. The van der Waals surface area contributed by atoms with Crippen LogP contribution in [0.25, 0.3) is 0 Å². The lowest BCUT2D eigenvalue weighted by Gasteiger charge is -2.31. The molecule has 0 spiro atoms. The Morgan fingerprint density at radius 1 is 1.12 bits per heavy atom. The van der Waals surface area contributed by atoms with Crippen molar-refractivity contribution in [3.63, 3.8) is 0 Å². The van der Waals surface area contributed by atoms with E-state index in [2.05, 4.69) is 20.6 Å². The highest BCUT2D eigenvalue weighted by atomic mass is 32.1. The van der Waals surface area contributed by atoms with Gasteiger partial charge in [-0.3, -0.25) is 0 Å². The van der Waals surface area contributed by atoms with Gasteiger partial charge < -0.3 is 9.64 Å². The Bertz CT molecular complexity index is 1060. The molecule has 0 radical (unpaired) electrons. The summed E-state index contributed by atoms with van der Waals surface area (Å²) in [4.78, 5) is 15.0. The number of aromatic nitrogens is 3. The zero-order valence-electron chi connectivity index (χ0n) is 16.9. The number of hydrazine groups is 2. The lowest BCUT2D eigenvalue weighted by molar-refractivity contribution is -0.0998.